The van der Waals surface area contributed by atoms with Crippen LogP contribution in [0.15, 0.2) is 24.3 Å². The predicted octanol–water partition coefficient (Wildman–Crippen LogP) is 4.14. The molecule has 0 N–H and O–H groups in total. The molecule has 124 valence electrons. The molecule has 0 aliphatic rings. The average Bonchev–Trinajstić information content (AvgIpc) is 2.34. The maximum atomic E-state index is 12.8. The lowest BCUT2D eigenvalue weighted by molar-refractivity contribution is -0.153. The Bertz CT molecular complexity index is 514. The molecule has 1 aromatic rings. The van der Waals surface area contributed by atoms with E-state index in [1.165, 1.54) is 0 Å². The molecular weight excluding hydrogens is 312 g/mol. The standard InChI is InChI=1S/C16H28O4Si2/c1-16(20-22(6,7)8,15(17)19-21(3,4)5)13-9-11-14(18-2)12-10-13/h9-12H,1-8H3. The summed E-state index contributed by atoms with van der Waals surface area (Å²) in [5.41, 5.74) is -0.296. The van der Waals surface area contributed by atoms with E-state index in [0.717, 1.165) is 11.3 Å². The molecule has 0 amide bonds. The molecule has 0 spiro atoms. The number of benzene rings is 1. The van der Waals surface area contributed by atoms with Crippen molar-refractivity contribution in [1.29, 1.82) is 0 Å². The third-order valence-electron chi connectivity index (χ3n) is 2.94. The van der Waals surface area contributed by atoms with E-state index in [9.17, 15) is 4.79 Å². The van der Waals surface area contributed by atoms with Crippen LogP contribution in [0.4, 0.5) is 0 Å². The first-order valence-corrected chi connectivity index (χ1v) is 14.3. The second-order valence-corrected chi connectivity index (χ2v) is 16.3. The van der Waals surface area contributed by atoms with Gasteiger partial charge in [-0.25, -0.2) is 4.79 Å². The molecule has 0 fully saturated rings. The molecular formula is C16H28O4Si2. The molecule has 0 aliphatic heterocycles. The van der Waals surface area contributed by atoms with E-state index in [0.29, 0.717) is 0 Å². The highest BCUT2D eigenvalue weighted by atomic mass is 28.4. The van der Waals surface area contributed by atoms with Gasteiger partial charge in [-0.3, -0.25) is 0 Å². The van der Waals surface area contributed by atoms with Gasteiger partial charge in [0, 0.05) is 0 Å². The summed E-state index contributed by atoms with van der Waals surface area (Å²) in [6.45, 7) is 14.0. The van der Waals surface area contributed by atoms with E-state index in [1.54, 1.807) is 14.0 Å². The first kappa shape index (κ1) is 18.9. The minimum atomic E-state index is -1.99. The van der Waals surface area contributed by atoms with Gasteiger partial charge in [-0.15, -0.1) is 0 Å². The number of rotatable bonds is 6. The molecule has 0 heterocycles. The normalized spacial score (nSPS) is 15.1. The quantitative estimate of drug-likeness (QED) is 0.730. The maximum Gasteiger partial charge on any atom is 0.328 e. The summed E-state index contributed by atoms with van der Waals surface area (Å²) in [5.74, 6) is 0.442. The van der Waals surface area contributed by atoms with Crippen molar-refractivity contribution in [3.63, 3.8) is 0 Å². The highest BCUT2D eigenvalue weighted by molar-refractivity contribution is 6.71. The predicted molar refractivity (Wildman–Crippen MR) is 94.2 cm³/mol. The van der Waals surface area contributed by atoms with Crippen LogP contribution in [0.2, 0.25) is 39.3 Å². The summed E-state index contributed by atoms with van der Waals surface area (Å²) in [6, 6.07) is 7.40. The van der Waals surface area contributed by atoms with Crippen LogP contribution in [-0.2, 0) is 19.2 Å². The van der Waals surface area contributed by atoms with E-state index in [2.05, 4.69) is 19.6 Å². The van der Waals surface area contributed by atoms with Crippen LogP contribution in [0.1, 0.15) is 12.5 Å². The van der Waals surface area contributed by atoms with Gasteiger partial charge in [0.05, 0.1) is 7.11 Å². The summed E-state index contributed by atoms with van der Waals surface area (Å²) in [6.07, 6.45) is 0. The van der Waals surface area contributed by atoms with E-state index >= 15 is 0 Å². The topological polar surface area (TPSA) is 44.8 Å². The second kappa shape index (κ2) is 6.56. The molecule has 0 saturated carbocycles. The maximum absolute atomic E-state index is 12.8. The summed E-state index contributed by atoms with van der Waals surface area (Å²) in [5, 5.41) is 0. The lowest BCUT2D eigenvalue weighted by atomic mass is 9.96. The Kier molecular flexibility index (Phi) is 5.64. The van der Waals surface area contributed by atoms with Gasteiger partial charge in [-0.2, -0.15) is 0 Å². The first-order valence-electron chi connectivity index (χ1n) is 7.45. The number of carbonyl (C=O) groups excluding carboxylic acids is 1. The number of carbonyl (C=O) groups is 1. The van der Waals surface area contributed by atoms with Crippen molar-refractivity contribution in [1.82, 2.24) is 0 Å². The zero-order chi connectivity index (χ0) is 17.2. The fourth-order valence-electron chi connectivity index (χ4n) is 2.12. The summed E-state index contributed by atoms with van der Waals surface area (Å²) < 4.78 is 17.1. The van der Waals surface area contributed by atoms with E-state index in [-0.39, 0.29) is 5.97 Å². The lowest BCUT2D eigenvalue weighted by Gasteiger charge is -2.36. The van der Waals surface area contributed by atoms with Crippen LogP contribution in [0.5, 0.6) is 5.75 Å². The van der Waals surface area contributed by atoms with Crippen molar-refractivity contribution in [2.45, 2.75) is 51.8 Å². The van der Waals surface area contributed by atoms with Gasteiger partial charge in [0.15, 0.2) is 13.9 Å². The SMILES string of the molecule is COc1ccc(C(C)(O[Si](C)(C)C)C(=O)O[Si](C)(C)C)cc1. The summed E-state index contributed by atoms with van der Waals surface area (Å²) >= 11 is 0. The molecule has 6 heteroatoms. The Morgan fingerprint density at radius 1 is 0.955 bits per heavy atom. The molecule has 0 aromatic heterocycles. The highest BCUT2D eigenvalue weighted by Gasteiger charge is 2.43. The largest absolute Gasteiger partial charge is 0.518 e. The van der Waals surface area contributed by atoms with Crippen LogP contribution in [0.25, 0.3) is 0 Å². The fraction of sp³-hybridized carbons (Fsp3) is 0.562. The zero-order valence-electron chi connectivity index (χ0n) is 14.9. The van der Waals surface area contributed by atoms with Crippen LogP contribution in [0, 0.1) is 0 Å². The molecule has 22 heavy (non-hydrogen) atoms. The molecule has 1 unspecified atom stereocenters. The Labute approximate surface area is 136 Å². The summed E-state index contributed by atoms with van der Waals surface area (Å²) in [4.78, 5) is 12.8. The van der Waals surface area contributed by atoms with E-state index < -0.39 is 22.2 Å². The molecule has 0 radical (unpaired) electrons. The average molecular weight is 341 g/mol. The monoisotopic (exact) mass is 340 g/mol. The molecule has 0 saturated heterocycles. The van der Waals surface area contributed by atoms with Crippen molar-refractivity contribution >= 4 is 22.6 Å². The number of methoxy groups -OCH3 is 1. The van der Waals surface area contributed by atoms with Crippen LogP contribution in [0.3, 0.4) is 0 Å². The third-order valence-corrected chi connectivity index (χ3v) is 4.76. The fourth-order valence-corrected chi connectivity index (χ4v) is 4.29. The van der Waals surface area contributed by atoms with Gasteiger partial charge < -0.3 is 13.6 Å². The van der Waals surface area contributed by atoms with Crippen molar-refractivity contribution < 1.29 is 18.4 Å². The minimum Gasteiger partial charge on any atom is -0.518 e. The first-order chi connectivity index (χ1) is 9.87. The van der Waals surface area contributed by atoms with Crippen molar-refractivity contribution in [3.05, 3.63) is 29.8 Å². The zero-order valence-corrected chi connectivity index (χ0v) is 16.9. The number of ether oxygens (including phenoxy) is 1. The molecule has 1 atom stereocenters. The minimum absolute atomic E-state index is 0.306. The van der Waals surface area contributed by atoms with E-state index in [1.807, 2.05) is 43.9 Å². The van der Waals surface area contributed by atoms with Crippen molar-refractivity contribution in [3.8, 4) is 5.75 Å². The molecule has 4 nitrogen and oxygen atoms in total. The van der Waals surface area contributed by atoms with Gasteiger partial charge in [-0.1, -0.05) is 12.1 Å². The van der Waals surface area contributed by atoms with Gasteiger partial charge in [0.25, 0.3) is 0 Å². The van der Waals surface area contributed by atoms with Gasteiger partial charge in [0.2, 0.25) is 8.32 Å². The number of hydrogen-bond donors (Lipinski definition) is 0. The molecule has 1 rings (SSSR count). The van der Waals surface area contributed by atoms with Gasteiger partial charge in [0.1, 0.15) is 5.75 Å². The summed E-state index contributed by atoms with van der Waals surface area (Å²) in [7, 11) is -2.33. The van der Waals surface area contributed by atoms with E-state index in [4.69, 9.17) is 13.6 Å². The second-order valence-electron chi connectivity index (χ2n) is 7.48. The van der Waals surface area contributed by atoms with Crippen LogP contribution in [-0.4, -0.2) is 29.7 Å². The van der Waals surface area contributed by atoms with Crippen LogP contribution < -0.4 is 4.74 Å². The lowest BCUT2D eigenvalue weighted by Crippen LogP contribution is -2.48. The van der Waals surface area contributed by atoms with Gasteiger partial charge in [-0.05, 0) is 63.9 Å². The van der Waals surface area contributed by atoms with Crippen LogP contribution >= 0.6 is 0 Å². The Balaban J connectivity index is 3.23. The molecule has 0 aliphatic carbocycles. The molecule has 0 bridgehead atoms. The smallest absolute Gasteiger partial charge is 0.328 e. The van der Waals surface area contributed by atoms with Gasteiger partial charge >= 0.3 is 5.97 Å². The number of hydrogen-bond acceptors (Lipinski definition) is 4. The van der Waals surface area contributed by atoms with Crippen molar-refractivity contribution in [2.75, 3.05) is 7.11 Å². The Hall–Kier alpha value is -1.12. The molecule has 1 aromatic carbocycles. The highest BCUT2D eigenvalue weighted by Crippen LogP contribution is 2.32. The Morgan fingerprint density at radius 2 is 1.45 bits per heavy atom. The Morgan fingerprint density at radius 3 is 1.82 bits per heavy atom. The third kappa shape index (κ3) is 5.26. The van der Waals surface area contributed by atoms with Crippen molar-refractivity contribution in [2.24, 2.45) is 0 Å².